The molecule has 1 N–H and O–H groups in total. The van der Waals surface area contributed by atoms with Gasteiger partial charge in [-0.05, 0) is 44.2 Å². The fourth-order valence-electron chi connectivity index (χ4n) is 2.00. The summed E-state index contributed by atoms with van der Waals surface area (Å²) in [5.41, 5.74) is 2.64. The topological polar surface area (TPSA) is 21.3 Å². The molecule has 1 aromatic carbocycles. The molecule has 0 unspecified atom stereocenters. The molecular formula is C17H25NO. The van der Waals surface area contributed by atoms with Crippen LogP contribution < -0.4 is 5.32 Å². The van der Waals surface area contributed by atoms with E-state index in [1.807, 2.05) is 6.07 Å². The van der Waals surface area contributed by atoms with Crippen LogP contribution in [0.2, 0.25) is 0 Å². The Bertz CT molecular complexity index is 382. The average molecular weight is 259 g/mol. The number of nitrogens with one attached hydrogen (secondary N) is 1. The van der Waals surface area contributed by atoms with Gasteiger partial charge in [-0.25, -0.2) is 0 Å². The lowest BCUT2D eigenvalue weighted by molar-refractivity contribution is 0.122. The highest BCUT2D eigenvalue weighted by Crippen LogP contribution is 2.28. The highest BCUT2D eigenvalue weighted by Gasteiger charge is 2.20. The highest BCUT2D eigenvalue weighted by atomic mass is 16.5. The van der Waals surface area contributed by atoms with E-state index in [9.17, 15) is 0 Å². The molecule has 0 heterocycles. The zero-order chi connectivity index (χ0) is 13.3. The number of benzene rings is 1. The van der Waals surface area contributed by atoms with Crippen LogP contribution in [0.4, 0.5) is 0 Å². The van der Waals surface area contributed by atoms with E-state index < -0.39 is 0 Å². The zero-order valence-corrected chi connectivity index (χ0v) is 11.9. The van der Waals surface area contributed by atoms with E-state index in [2.05, 4.69) is 42.6 Å². The van der Waals surface area contributed by atoms with Crippen molar-refractivity contribution < 1.29 is 4.74 Å². The van der Waals surface area contributed by atoms with Gasteiger partial charge in [0.05, 0.1) is 0 Å². The van der Waals surface area contributed by atoms with Gasteiger partial charge >= 0.3 is 0 Å². The number of ether oxygens (including phenoxy) is 1. The first-order valence-corrected chi connectivity index (χ1v) is 7.35. The summed E-state index contributed by atoms with van der Waals surface area (Å²) >= 11 is 0. The molecule has 1 aliphatic rings. The first kappa shape index (κ1) is 14.3. The fourth-order valence-corrected chi connectivity index (χ4v) is 2.00. The van der Waals surface area contributed by atoms with Gasteiger partial charge in [-0.1, -0.05) is 42.0 Å². The number of rotatable bonds is 9. The van der Waals surface area contributed by atoms with E-state index in [0.717, 1.165) is 38.6 Å². The summed E-state index contributed by atoms with van der Waals surface area (Å²) in [7, 11) is 0. The normalized spacial score (nSPS) is 15.7. The summed E-state index contributed by atoms with van der Waals surface area (Å²) in [6.45, 7) is 6.03. The molecule has 2 nitrogen and oxygen atoms in total. The molecule has 1 aromatic rings. The Labute approximate surface area is 116 Å². The maximum absolute atomic E-state index is 5.61. The largest absolute Gasteiger partial charge is 0.381 e. The van der Waals surface area contributed by atoms with Crippen molar-refractivity contribution >= 4 is 6.08 Å². The van der Waals surface area contributed by atoms with E-state index in [1.165, 1.54) is 24.0 Å². The van der Waals surface area contributed by atoms with Crippen LogP contribution in [0.3, 0.4) is 0 Å². The molecule has 2 heteroatoms. The molecule has 1 saturated carbocycles. The van der Waals surface area contributed by atoms with Crippen molar-refractivity contribution in [2.24, 2.45) is 5.92 Å². The minimum absolute atomic E-state index is 0.879. The van der Waals surface area contributed by atoms with E-state index >= 15 is 0 Å². The van der Waals surface area contributed by atoms with Gasteiger partial charge in [0.15, 0.2) is 0 Å². The third kappa shape index (κ3) is 6.55. The second-order valence-electron chi connectivity index (χ2n) is 5.45. The Kier molecular flexibility index (Phi) is 6.12. The van der Waals surface area contributed by atoms with Crippen molar-refractivity contribution in [3.63, 3.8) is 0 Å². The van der Waals surface area contributed by atoms with E-state index in [1.54, 1.807) is 0 Å². The van der Waals surface area contributed by atoms with Crippen molar-refractivity contribution in [2.45, 2.75) is 26.2 Å². The molecule has 104 valence electrons. The fraction of sp³-hybridized carbons (Fsp3) is 0.529. The van der Waals surface area contributed by atoms with Crippen LogP contribution in [0, 0.1) is 5.92 Å². The molecule has 1 aliphatic carbocycles. The molecule has 0 amide bonds. The molecule has 1 fully saturated rings. The summed E-state index contributed by atoms with van der Waals surface area (Å²) in [6.07, 6.45) is 6.09. The van der Waals surface area contributed by atoms with Gasteiger partial charge in [0.25, 0.3) is 0 Å². The van der Waals surface area contributed by atoms with E-state index in [4.69, 9.17) is 4.74 Å². The van der Waals surface area contributed by atoms with Gasteiger partial charge in [-0.15, -0.1) is 0 Å². The Morgan fingerprint density at radius 1 is 1.32 bits per heavy atom. The molecule has 2 rings (SSSR count). The van der Waals surface area contributed by atoms with Crippen molar-refractivity contribution in [3.8, 4) is 0 Å². The van der Waals surface area contributed by atoms with E-state index in [-0.39, 0.29) is 0 Å². The number of hydrogen-bond donors (Lipinski definition) is 1. The molecule has 19 heavy (non-hydrogen) atoms. The molecule has 0 aliphatic heterocycles. The molecule has 0 aromatic heterocycles. The van der Waals surface area contributed by atoms with Crippen LogP contribution in [0.5, 0.6) is 0 Å². The van der Waals surface area contributed by atoms with Crippen LogP contribution in [-0.4, -0.2) is 26.3 Å². The van der Waals surface area contributed by atoms with Gasteiger partial charge in [0, 0.05) is 19.8 Å². The summed E-state index contributed by atoms with van der Waals surface area (Å²) in [5, 5.41) is 3.46. The Morgan fingerprint density at radius 2 is 2.11 bits per heavy atom. The van der Waals surface area contributed by atoms with Crippen LogP contribution in [0.15, 0.2) is 35.9 Å². The molecule has 0 spiro atoms. The monoisotopic (exact) mass is 259 g/mol. The third-order valence-corrected chi connectivity index (χ3v) is 3.31. The van der Waals surface area contributed by atoms with Crippen molar-refractivity contribution in [3.05, 3.63) is 41.5 Å². The van der Waals surface area contributed by atoms with Crippen LogP contribution in [0.25, 0.3) is 6.08 Å². The Morgan fingerprint density at radius 3 is 2.84 bits per heavy atom. The van der Waals surface area contributed by atoms with Crippen LogP contribution in [0.1, 0.15) is 31.7 Å². The first-order valence-electron chi connectivity index (χ1n) is 7.35. The van der Waals surface area contributed by atoms with Gasteiger partial charge in [-0.2, -0.15) is 0 Å². The molecule has 0 atom stereocenters. The number of hydrogen-bond acceptors (Lipinski definition) is 2. The zero-order valence-electron chi connectivity index (χ0n) is 11.9. The quantitative estimate of drug-likeness (QED) is 0.685. The molecule has 0 bridgehead atoms. The van der Waals surface area contributed by atoms with Gasteiger partial charge in [0.2, 0.25) is 0 Å². The van der Waals surface area contributed by atoms with Crippen molar-refractivity contribution in [2.75, 3.05) is 26.3 Å². The van der Waals surface area contributed by atoms with Gasteiger partial charge in [0.1, 0.15) is 0 Å². The average Bonchev–Trinajstić information content (AvgIpc) is 3.23. The Hall–Kier alpha value is -1.12. The Balaban J connectivity index is 1.51. The maximum atomic E-state index is 5.61. The van der Waals surface area contributed by atoms with E-state index in [0.29, 0.717) is 0 Å². The lowest BCUT2D eigenvalue weighted by Gasteiger charge is -2.06. The maximum Gasteiger partial charge on any atom is 0.0494 e. The summed E-state index contributed by atoms with van der Waals surface area (Å²) in [6, 6.07) is 10.5. The van der Waals surface area contributed by atoms with Gasteiger partial charge in [-0.3, -0.25) is 0 Å². The highest BCUT2D eigenvalue weighted by molar-refractivity contribution is 5.52. The molecule has 0 radical (unpaired) electrons. The lowest BCUT2D eigenvalue weighted by Crippen LogP contribution is -2.19. The molecular weight excluding hydrogens is 234 g/mol. The van der Waals surface area contributed by atoms with Crippen LogP contribution >= 0.6 is 0 Å². The minimum Gasteiger partial charge on any atom is -0.381 e. The standard InChI is InChI=1S/C17H25NO/c1-15(12-16-6-3-2-4-7-16)13-18-10-5-11-19-14-17-8-9-17/h2-4,6-7,12,17-18H,5,8-11,13-14H2,1H3/b15-12-. The summed E-state index contributed by atoms with van der Waals surface area (Å²) in [4.78, 5) is 0. The minimum atomic E-state index is 0.879. The lowest BCUT2D eigenvalue weighted by atomic mass is 10.1. The predicted octanol–water partition coefficient (Wildman–Crippen LogP) is 3.50. The van der Waals surface area contributed by atoms with Crippen LogP contribution in [-0.2, 0) is 4.74 Å². The summed E-state index contributed by atoms with van der Waals surface area (Å²) < 4.78 is 5.61. The third-order valence-electron chi connectivity index (χ3n) is 3.31. The van der Waals surface area contributed by atoms with Crippen molar-refractivity contribution in [1.82, 2.24) is 5.32 Å². The second kappa shape index (κ2) is 8.13. The SMILES string of the molecule is C/C(=C/c1ccccc1)CNCCCOCC1CC1. The first-order chi connectivity index (χ1) is 9.34. The van der Waals surface area contributed by atoms with Gasteiger partial charge < -0.3 is 10.1 Å². The van der Waals surface area contributed by atoms with Crippen molar-refractivity contribution in [1.29, 1.82) is 0 Å². The second-order valence-corrected chi connectivity index (χ2v) is 5.45. The molecule has 0 saturated heterocycles. The summed E-state index contributed by atoms with van der Waals surface area (Å²) in [5.74, 6) is 0.879. The smallest absolute Gasteiger partial charge is 0.0494 e. The predicted molar refractivity (Wildman–Crippen MR) is 81.1 cm³/mol.